The van der Waals surface area contributed by atoms with Gasteiger partial charge in [0.1, 0.15) is 5.75 Å². The van der Waals surface area contributed by atoms with Crippen LogP contribution in [0.5, 0.6) is 5.75 Å². The Kier molecular flexibility index (Phi) is 15.0. The second kappa shape index (κ2) is 18.6. The molecule has 1 saturated carbocycles. The maximum absolute atomic E-state index is 10.6. The number of pyridine rings is 1. The van der Waals surface area contributed by atoms with Crippen molar-refractivity contribution in [3.63, 3.8) is 0 Å². The second-order valence-electron chi connectivity index (χ2n) is 12.0. The molecule has 1 aliphatic carbocycles. The van der Waals surface area contributed by atoms with Crippen molar-refractivity contribution in [2.75, 3.05) is 59.5 Å². The van der Waals surface area contributed by atoms with Gasteiger partial charge in [-0.25, -0.2) is 0 Å². The molecule has 0 bridgehead atoms. The minimum Gasteiger partial charge on any atom is -0.496 e. The van der Waals surface area contributed by atoms with Gasteiger partial charge >= 0.3 is 23.9 Å². The molecule has 1 spiro atoms. The molecule has 0 amide bonds. The van der Waals surface area contributed by atoms with Gasteiger partial charge < -0.3 is 35.2 Å². The van der Waals surface area contributed by atoms with Gasteiger partial charge in [0.2, 0.25) is 0 Å². The number of carboxylic acid groups (broad SMARTS) is 4. The van der Waals surface area contributed by atoms with Gasteiger partial charge in [0, 0.05) is 43.5 Å². The van der Waals surface area contributed by atoms with Gasteiger partial charge in [-0.3, -0.25) is 34.0 Å². The first kappa shape index (κ1) is 37.8. The van der Waals surface area contributed by atoms with Crippen LogP contribution in [0, 0.1) is 0 Å². The molecule has 5 N–H and O–H groups in total. The highest BCUT2D eigenvalue weighted by molar-refractivity contribution is 7.10. The Hall–Kier alpha value is -3.63. The van der Waals surface area contributed by atoms with Crippen molar-refractivity contribution in [1.29, 1.82) is 0 Å². The van der Waals surface area contributed by atoms with Crippen molar-refractivity contribution in [3.05, 3.63) is 46.4 Å². The summed E-state index contributed by atoms with van der Waals surface area (Å²) >= 11 is 1.75. The van der Waals surface area contributed by atoms with Crippen LogP contribution in [0.15, 0.2) is 35.8 Å². The lowest BCUT2D eigenvalue weighted by atomic mass is 9.68. The summed E-state index contributed by atoms with van der Waals surface area (Å²) in [7, 11) is 1.74. The Morgan fingerprint density at radius 3 is 2.02 bits per heavy atom. The number of ether oxygens (including phenoxy) is 2. The van der Waals surface area contributed by atoms with Gasteiger partial charge in [0.05, 0.1) is 43.8 Å². The Labute approximate surface area is 278 Å². The largest absolute Gasteiger partial charge is 0.496 e. The first-order valence-electron chi connectivity index (χ1n) is 15.6. The molecular weight excluding hydrogens is 632 g/mol. The summed E-state index contributed by atoms with van der Waals surface area (Å²) < 4.78 is 11.8. The summed E-state index contributed by atoms with van der Waals surface area (Å²) in [6.07, 6.45) is 10.2. The molecule has 0 unspecified atom stereocenters. The van der Waals surface area contributed by atoms with Gasteiger partial charge in [-0.1, -0.05) is 18.9 Å². The fourth-order valence-corrected chi connectivity index (χ4v) is 7.25. The van der Waals surface area contributed by atoms with Gasteiger partial charge in [-0.15, -0.1) is 11.3 Å². The van der Waals surface area contributed by atoms with Gasteiger partial charge in [-0.2, -0.15) is 0 Å². The van der Waals surface area contributed by atoms with Crippen molar-refractivity contribution in [2.24, 2.45) is 0 Å². The molecular formula is C32H46N4O10S. The first-order valence-corrected chi connectivity index (χ1v) is 16.5. The number of nitrogens with one attached hydrogen (secondary N) is 1. The number of methoxy groups -OCH3 is 1. The van der Waals surface area contributed by atoms with Crippen LogP contribution >= 0.6 is 11.3 Å². The number of rotatable bonds is 18. The monoisotopic (exact) mass is 678 g/mol. The van der Waals surface area contributed by atoms with Crippen LogP contribution in [-0.2, 0) is 35.9 Å². The topological polar surface area (TPSA) is 199 Å². The number of nitrogens with zero attached hydrogens (tertiary/aromatic N) is 3. The highest BCUT2D eigenvalue weighted by atomic mass is 32.1. The normalized spacial score (nSPS) is 18.5. The number of aliphatic carboxylic acids is 4. The Morgan fingerprint density at radius 1 is 0.915 bits per heavy atom. The van der Waals surface area contributed by atoms with E-state index in [4.69, 9.17) is 34.9 Å². The molecule has 0 aromatic carbocycles. The average Bonchev–Trinajstić information content (AvgIpc) is 3.67. The van der Waals surface area contributed by atoms with Crippen molar-refractivity contribution in [2.45, 2.75) is 62.5 Å². The molecule has 14 nitrogen and oxygen atoms in total. The van der Waals surface area contributed by atoms with Crippen LogP contribution in [-0.4, -0.2) is 124 Å². The van der Waals surface area contributed by atoms with Crippen LogP contribution in [0.3, 0.4) is 0 Å². The van der Waals surface area contributed by atoms with E-state index in [0.29, 0.717) is 0 Å². The zero-order chi connectivity index (χ0) is 34.3. The van der Waals surface area contributed by atoms with E-state index >= 15 is 0 Å². The molecule has 2 aromatic rings. The van der Waals surface area contributed by atoms with E-state index in [2.05, 4.69) is 22.8 Å². The van der Waals surface area contributed by atoms with E-state index in [0.717, 1.165) is 54.5 Å². The van der Waals surface area contributed by atoms with Crippen LogP contribution in [0.2, 0.25) is 0 Å². The number of aromatic nitrogens is 1. The summed E-state index contributed by atoms with van der Waals surface area (Å²) in [6, 6.07) is 8.41. The molecule has 2 aromatic heterocycles. The van der Waals surface area contributed by atoms with E-state index in [1.807, 2.05) is 18.3 Å². The third-order valence-corrected chi connectivity index (χ3v) is 9.43. The molecule has 4 rings (SSSR count). The Bertz CT molecular complexity index is 1240. The predicted octanol–water partition coefficient (Wildman–Crippen LogP) is 2.62. The fraction of sp³-hybridized carbons (Fsp3) is 0.594. The van der Waals surface area contributed by atoms with Crippen LogP contribution in [0.25, 0.3) is 0 Å². The number of carboxylic acids is 4. The minimum atomic E-state index is -1.23. The maximum atomic E-state index is 10.6. The van der Waals surface area contributed by atoms with E-state index in [-0.39, 0.29) is 24.1 Å². The van der Waals surface area contributed by atoms with E-state index in [1.54, 1.807) is 18.4 Å². The standard InChI is InChI=1S/C22H30N2O2S.C10H16N2O8/c1-25-18-7-15-27-19(18)16-23-13-10-21(20-6-2-5-12-24-20)11-14-26-22(17-21)8-3-4-9-22;13-7(14)3-11(4-8(15)16)1-2-12(5-9(17)18)6-10(19)20/h2,5-7,12,15,23H,3-4,8-11,13-14,16-17H2,1H3;1-6H2,(H,13,14)(H,15,16)(H,17,18)(H,19,20)/t21-;/m1./s1. The zero-order valence-corrected chi connectivity index (χ0v) is 27.6. The third kappa shape index (κ3) is 12.5. The fourth-order valence-electron chi connectivity index (χ4n) is 6.44. The zero-order valence-electron chi connectivity index (χ0n) is 26.8. The highest BCUT2D eigenvalue weighted by Gasteiger charge is 2.48. The summed E-state index contributed by atoms with van der Waals surface area (Å²) in [5.74, 6) is -3.92. The van der Waals surface area contributed by atoms with E-state index < -0.39 is 50.1 Å². The van der Waals surface area contributed by atoms with Gasteiger partial charge in [0.25, 0.3) is 0 Å². The number of carbonyl (C=O) groups is 4. The highest BCUT2D eigenvalue weighted by Crippen LogP contribution is 2.49. The lowest BCUT2D eigenvalue weighted by Gasteiger charge is -2.46. The van der Waals surface area contributed by atoms with Crippen molar-refractivity contribution >= 4 is 35.2 Å². The first-order chi connectivity index (χ1) is 22.5. The van der Waals surface area contributed by atoms with Gasteiger partial charge in [-0.05, 0) is 62.2 Å². The summed E-state index contributed by atoms with van der Waals surface area (Å²) in [5, 5.41) is 40.2. The third-order valence-electron chi connectivity index (χ3n) is 8.53. The van der Waals surface area contributed by atoms with Crippen LogP contribution in [0.4, 0.5) is 0 Å². The molecule has 47 heavy (non-hydrogen) atoms. The number of hydrogen-bond donors (Lipinski definition) is 5. The summed E-state index contributed by atoms with van der Waals surface area (Å²) in [5.41, 5.74) is 1.46. The molecule has 2 fully saturated rings. The van der Waals surface area contributed by atoms with Crippen molar-refractivity contribution in [3.8, 4) is 5.75 Å². The van der Waals surface area contributed by atoms with Crippen molar-refractivity contribution < 1.29 is 49.1 Å². The average molecular weight is 679 g/mol. The quantitative estimate of drug-likeness (QED) is 0.144. The smallest absolute Gasteiger partial charge is 0.317 e. The summed E-state index contributed by atoms with van der Waals surface area (Å²) in [6.45, 7) is 0.448. The molecule has 2 aliphatic rings. The van der Waals surface area contributed by atoms with E-state index in [9.17, 15) is 19.2 Å². The molecule has 1 saturated heterocycles. The lowest BCUT2D eigenvalue weighted by molar-refractivity contribution is -0.145. The predicted molar refractivity (Wildman–Crippen MR) is 173 cm³/mol. The molecule has 1 atom stereocenters. The minimum absolute atomic E-state index is 0.0703. The number of hydrogen-bond acceptors (Lipinski definition) is 11. The van der Waals surface area contributed by atoms with Crippen molar-refractivity contribution in [1.82, 2.24) is 20.1 Å². The Balaban J connectivity index is 0.000000270. The van der Waals surface area contributed by atoms with Crippen LogP contribution in [0.1, 0.15) is 55.5 Å². The van der Waals surface area contributed by atoms with Gasteiger partial charge in [0.15, 0.2) is 0 Å². The Morgan fingerprint density at radius 2 is 1.51 bits per heavy atom. The van der Waals surface area contributed by atoms with Crippen LogP contribution < -0.4 is 10.1 Å². The molecule has 0 radical (unpaired) electrons. The molecule has 15 heteroatoms. The SMILES string of the molecule is COc1ccsc1CNCC[C@@]1(c2ccccn2)CCOC2(CCCC2)C1.O=C(O)CN(CCN(CC(=O)O)CC(=O)O)CC(=O)O. The molecule has 1 aliphatic heterocycles. The summed E-state index contributed by atoms with van der Waals surface area (Å²) in [4.78, 5) is 50.4. The number of thiophene rings is 1. The molecule has 3 heterocycles. The molecule has 260 valence electrons. The van der Waals surface area contributed by atoms with E-state index in [1.165, 1.54) is 36.3 Å². The maximum Gasteiger partial charge on any atom is 0.317 e. The second-order valence-corrected chi connectivity index (χ2v) is 13.0. The lowest BCUT2D eigenvalue weighted by Crippen LogP contribution is -2.47.